The minimum absolute atomic E-state index is 0.00694. The number of allylic oxidation sites excluding steroid dienone is 6. The van der Waals surface area contributed by atoms with Crippen LogP contribution in [0.1, 0.15) is 12.8 Å². The Kier molecular flexibility index (Phi) is 3.82. The van der Waals surface area contributed by atoms with Crippen LogP contribution in [0.15, 0.2) is 47.6 Å². The van der Waals surface area contributed by atoms with Gasteiger partial charge in [-0.1, -0.05) is 36.5 Å². The zero-order chi connectivity index (χ0) is 10.7. The van der Waals surface area contributed by atoms with Gasteiger partial charge in [-0.2, -0.15) is 0 Å². The van der Waals surface area contributed by atoms with Crippen molar-refractivity contribution >= 4 is 8.51 Å². The Balaban J connectivity index is 0.000000404. The van der Waals surface area contributed by atoms with Crippen molar-refractivity contribution in [3.63, 3.8) is 0 Å². The van der Waals surface area contributed by atoms with Gasteiger partial charge in [0.15, 0.2) is 0 Å². The minimum atomic E-state index is 0.00694. The van der Waals surface area contributed by atoms with Crippen molar-refractivity contribution in [1.29, 1.82) is 0 Å². The van der Waals surface area contributed by atoms with Crippen molar-refractivity contribution < 1.29 is 28.3 Å². The number of hydrogen-bond donors (Lipinski definition) is 0. The van der Waals surface area contributed by atoms with Gasteiger partial charge in [0.25, 0.3) is 0 Å². The van der Waals surface area contributed by atoms with E-state index >= 15 is 0 Å². The summed E-state index contributed by atoms with van der Waals surface area (Å²) >= 11 is 1.02. The molecule has 0 bridgehead atoms. The molecule has 0 spiro atoms. The van der Waals surface area contributed by atoms with Gasteiger partial charge < -0.3 is 4.74 Å². The molecule has 3 aliphatic rings. The van der Waals surface area contributed by atoms with Gasteiger partial charge >= 0.3 is 32.0 Å². The van der Waals surface area contributed by atoms with Crippen LogP contribution in [-0.4, -0.2) is 12.2 Å². The van der Waals surface area contributed by atoms with E-state index in [1.54, 1.807) is 0 Å². The van der Waals surface area contributed by atoms with Crippen LogP contribution in [0, 0.1) is 0 Å². The van der Waals surface area contributed by atoms with Crippen molar-refractivity contribution in [2.24, 2.45) is 0 Å². The summed E-state index contributed by atoms with van der Waals surface area (Å²) in [5.41, 5.74) is 2.87. The molecule has 1 fully saturated rings. The molecule has 1 saturated heterocycles. The molecular formula is C12H12ClOZr. The zero-order valence-electron chi connectivity index (χ0n) is 8.37. The summed E-state index contributed by atoms with van der Waals surface area (Å²) in [5, 5.41) is 0. The molecule has 0 unspecified atom stereocenters. The Bertz CT molecular complexity index is 330. The van der Waals surface area contributed by atoms with E-state index < -0.39 is 0 Å². The molecule has 0 amide bonds. The van der Waals surface area contributed by atoms with Gasteiger partial charge in [-0.25, -0.2) is 0 Å². The third-order valence-corrected chi connectivity index (χ3v) is 3.01. The van der Waals surface area contributed by atoms with Crippen LogP contribution in [0.25, 0.3) is 0 Å². The number of ether oxygens (including phenoxy) is 1. The molecule has 0 N–H and O–H groups in total. The Morgan fingerprint density at radius 2 is 1.53 bits per heavy atom. The van der Waals surface area contributed by atoms with E-state index in [2.05, 4.69) is 36.5 Å². The summed E-state index contributed by atoms with van der Waals surface area (Å²) in [6, 6.07) is 0. The Labute approximate surface area is 109 Å². The van der Waals surface area contributed by atoms with E-state index in [9.17, 15) is 0 Å². The molecule has 0 radical (unpaired) electrons. The first-order chi connectivity index (χ1) is 7.42. The summed E-state index contributed by atoms with van der Waals surface area (Å²) in [7, 11) is 4.73. The fraction of sp³-hybridized carbons (Fsp3) is 0.333. The van der Waals surface area contributed by atoms with E-state index in [1.807, 2.05) is 0 Å². The molecule has 3 heteroatoms. The van der Waals surface area contributed by atoms with Crippen LogP contribution < -0.4 is 0 Å². The fourth-order valence-corrected chi connectivity index (χ4v) is 2.14. The van der Waals surface area contributed by atoms with Crippen LogP contribution in [0.4, 0.5) is 0 Å². The fourth-order valence-electron chi connectivity index (χ4n) is 2.14. The number of rotatable bonds is 2. The van der Waals surface area contributed by atoms with Gasteiger partial charge in [0.2, 0.25) is 0 Å². The number of halogens is 1. The van der Waals surface area contributed by atoms with E-state index in [0.29, 0.717) is 0 Å². The molecule has 15 heavy (non-hydrogen) atoms. The maximum absolute atomic E-state index is 5.65. The Morgan fingerprint density at radius 1 is 1.07 bits per heavy atom. The topological polar surface area (TPSA) is 12.5 Å². The second kappa shape index (κ2) is 4.95. The van der Waals surface area contributed by atoms with Crippen LogP contribution in [0.3, 0.4) is 0 Å². The molecule has 0 aromatic carbocycles. The second-order valence-electron chi connectivity index (χ2n) is 3.76. The Morgan fingerprint density at radius 3 is 1.80 bits per heavy atom. The van der Waals surface area contributed by atoms with Crippen LogP contribution in [0.2, 0.25) is 0 Å². The molecule has 77 valence electrons. The molecule has 0 aromatic heterocycles. The average molecular weight is 299 g/mol. The molecule has 0 aromatic rings. The maximum atomic E-state index is 5.65. The zero-order valence-corrected chi connectivity index (χ0v) is 11.6. The first-order valence-electron chi connectivity index (χ1n) is 4.97. The van der Waals surface area contributed by atoms with Gasteiger partial charge in [-0.3, -0.25) is 0 Å². The predicted octanol–water partition coefficient (Wildman–Crippen LogP) is 3.22. The van der Waals surface area contributed by atoms with E-state index in [0.717, 1.165) is 43.0 Å². The second-order valence-corrected chi connectivity index (χ2v) is 3.76. The third-order valence-electron chi connectivity index (χ3n) is 3.01. The molecule has 1 nitrogen and oxygen atoms in total. The van der Waals surface area contributed by atoms with Crippen LogP contribution >= 0.6 is 8.51 Å². The monoisotopic (exact) mass is 297 g/mol. The quantitative estimate of drug-likeness (QED) is 0.713. The van der Waals surface area contributed by atoms with E-state index in [1.165, 1.54) is 11.1 Å². The summed E-state index contributed by atoms with van der Waals surface area (Å²) < 4.78 is 5.65. The molecule has 1 heterocycles. The Hall–Kier alpha value is 0.0931. The number of epoxide rings is 1. The van der Waals surface area contributed by atoms with Crippen LogP contribution in [-0.2, 0) is 28.3 Å². The SMILES string of the molecule is C1=CCC(C2(C3=CC=CC3)CO2)=C1.[Cl][Zr]. The van der Waals surface area contributed by atoms with Crippen LogP contribution in [0.5, 0.6) is 0 Å². The molecule has 0 saturated carbocycles. The van der Waals surface area contributed by atoms with Gasteiger partial charge in [0, 0.05) is 0 Å². The molecule has 0 atom stereocenters. The van der Waals surface area contributed by atoms with Crippen molar-refractivity contribution in [3.05, 3.63) is 47.6 Å². The molecule has 3 rings (SSSR count). The molecule has 2 aliphatic carbocycles. The average Bonchev–Trinajstić information content (AvgIpc) is 2.83. The summed E-state index contributed by atoms with van der Waals surface area (Å²) in [6.07, 6.45) is 15.2. The summed E-state index contributed by atoms with van der Waals surface area (Å²) in [4.78, 5) is 0. The van der Waals surface area contributed by atoms with Crippen molar-refractivity contribution in [3.8, 4) is 0 Å². The van der Waals surface area contributed by atoms with E-state index in [4.69, 9.17) is 13.2 Å². The van der Waals surface area contributed by atoms with Gasteiger partial charge in [0.1, 0.15) is 5.60 Å². The molecule has 1 aliphatic heterocycles. The summed E-state index contributed by atoms with van der Waals surface area (Å²) in [6.45, 7) is 0.883. The van der Waals surface area contributed by atoms with Gasteiger partial charge in [-0.15, -0.1) is 0 Å². The van der Waals surface area contributed by atoms with Crippen molar-refractivity contribution in [2.45, 2.75) is 18.4 Å². The molecular weight excluding hydrogens is 287 g/mol. The standard InChI is InChI=1S/C12H12O.ClH.Zr/c1-2-6-10(5-1)12(9-13-12)11-7-3-4-8-11;;/h1-5,7H,6,8-9H2;1H;/q;;+1/p-1. The first kappa shape index (κ1) is 11.6. The van der Waals surface area contributed by atoms with Gasteiger partial charge in [-0.05, 0) is 24.0 Å². The third kappa shape index (κ3) is 2.13. The normalized spacial score (nSPS) is 24.3. The number of hydrogen-bond acceptors (Lipinski definition) is 1. The first-order valence-corrected chi connectivity index (χ1v) is 8.13. The predicted molar refractivity (Wildman–Crippen MR) is 58.2 cm³/mol. The van der Waals surface area contributed by atoms with Gasteiger partial charge in [0.05, 0.1) is 6.61 Å². The van der Waals surface area contributed by atoms with E-state index in [-0.39, 0.29) is 5.60 Å². The van der Waals surface area contributed by atoms with Crippen molar-refractivity contribution in [2.75, 3.05) is 6.61 Å². The van der Waals surface area contributed by atoms with Crippen molar-refractivity contribution in [1.82, 2.24) is 0 Å². The summed E-state index contributed by atoms with van der Waals surface area (Å²) in [5.74, 6) is 0.